The number of carbonyl (C=O) groups excluding carboxylic acids is 1. The fourth-order valence-electron chi connectivity index (χ4n) is 1.16. The van der Waals surface area contributed by atoms with E-state index in [0.29, 0.717) is 13.2 Å². The van der Waals surface area contributed by atoms with E-state index in [2.05, 4.69) is 6.92 Å². The van der Waals surface area contributed by atoms with Gasteiger partial charge in [-0.25, -0.2) is 4.79 Å². The van der Waals surface area contributed by atoms with E-state index >= 15 is 0 Å². The largest absolute Gasteiger partial charge is 0.508 e. The second kappa shape index (κ2) is 10.7. The van der Waals surface area contributed by atoms with Crippen molar-refractivity contribution in [2.45, 2.75) is 52.6 Å². The third kappa shape index (κ3) is 8.53. The van der Waals surface area contributed by atoms with Gasteiger partial charge in [-0.1, -0.05) is 20.8 Å². The predicted octanol–water partition coefficient (Wildman–Crippen LogP) is 3.14. The number of carbonyl (C=O) groups is 1. The summed E-state index contributed by atoms with van der Waals surface area (Å²) in [5.74, 6) is 0. The maximum Gasteiger partial charge on any atom is 0.508 e. The minimum absolute atomic E-state index is 0.0961. The zero-order chi connectivity index (χ0) is 12.2. The molecule has 0 aliphatic carbocycles. The van der Waals surface area contributed by atoms with E-state index in [1.54, 1.807) is 0 Å². The van der Waals surface area contributed by atoms with Crippen molar-refractivity contribution in [1.82, 2.24) is 0 Å². The van der Waals surface area contributed by atoms with Crippen molar-refractivity contribution in [3.8, 4) is 0 Å². The Balaban J connectivity index is 3.60. The van der Waals surface area contributed by atoms with Crippen molar-refractivity contribution >= 4 is 6.16 Å². The van der Waals surface area contributed by atoms with E-state index < -0.39 is 6.16 Å². The maximum absolute atomic E-state index is 11.2. The van der Waals surface area contributed by atoms with Gasteiger partial charge >= 0.3 is 6.16 Å². The molecule has 0 aromatic heterocycles. The zero-order valence-electron chi connectivity index (χ0n) is 10.7. The van der Waals surface area contributed by atoms with Crippen LogP contribution in [0.4, 0.5) is 4.79 Å². The quantitative estimate of drug-likeness (QED) is 0.452. The normalized spacial score (nSPS) is 12.2. The Bertz CT molecular complexity index is 170. The summed E-state index contributed by atoms with van der Waals surface area (Å²) in [7, 11) is 0. The summed E-state index contributed by atoms with van der Waals surface area (Å²) in [5.41, 5.74) is 0. The molecule has 0 N–H and O–H groups in total. The number of rotatable bonds is 9. The highest BCUT2D eigenvalue weighted by Crippen LogP contribution is 2.06. The third-order valence-corrected chi connectivity index (χ3v) is 2.07. The molecule has 0 amide bonds. The van der Waals surface area contributed by atoms with Crippen molar-refractivity contribution in [2.75, 3.05) is 19.8 Å². The second-order valence-corrected chi connectivity index (χ2v) is 3.65. The molecular weight excluding hydrogens is 208 g/mol. The van der Waals surface area contributed by atoms with Crippen molar-refractivity contribution < 1.29 is 19.0 Å². The first kappa shape index (κ1) is 15.2. The summed E-state index contributed by atoms with van der Waals surface area (Å²) >= 11 is 0. The van der Waals surface area contributed by atoms with Gasteiger partial charge < -0.3 is 14.2 Å². The molecule has 0 saturated heterocycles. The van der Waals surface area contributed by atoms with Gasteiger partial charge in [0.05, 0.1) is 13.2 Å². The lowest BCUT2D eigenvalue weighted by atomic mass is 10.2. The first-order valence-electron chi connectivity index (χ1n) is 6.15. The Morgan fingerprint density at radius 2 is 1.75 bits per heavy atom. The van der Waals surface area contributed by atoms with Crippen LogP contribution >= 0.6 is 0 Å². The van der Waals surface area contributed by atoms with Crippen molar-refractivity contribution in [1.29, 1.82) is 0 Å². The van der Waals surface area contributed by atoms with Crippen LogP contribution in [-0.2, 0) is 14.2 Å². The molecule has 0 fully saturated rings. The lowest BCUT2D eigenvalue weighted by molar-refractivity contribution is 0.00766. The summed E-state index contributed by atoms with van der Waals surface area (Å²) in [6, 6.07) is 0. The van der Waals surface area contributed by atoms with Crippen LogP contribution in [0.5, 0.6) is 0 Å². The van der Waals surface area contributed by atoms with Crippen LogP contribution in [0.15, 0.2) is 0 Å². The average Bonchev–Trinajstić information content (AvgIpc) is 2.30. The molecule has 96 valence electrons. The Hall–Kier alpha value is -0.770. The Labute approximate surface area is 98.3 Å². The lowest BCUT2D eigenvalue weighted by Gasteiger charge is -2.15. The molecule has 1 unspecified atom stereocenters. The van der Waals surface area contributed by atoms with E-state index in [9.17, 15) is 4.79 Å². The van der Waals surface area contributed by atoms with Crippen molar-refractivity contribution in [3.05, 3.63) is 0 Å². The first-order valence-corrected chi connectivity index (χ1v) is 6.15. The second-order valence-electron chi connectivity index (χ2n) is 3.65. The van der Waals surface area contributed by atoms with Gasteiger partial charge in [-0.05, 0) is 19.3 Å². The summed E-state index contributed by atoms with van der Waals surface area (Å²) in [6.45, 7) is 7.81. The van der Waals surface area contributed by atoms with Crippen molar-refractivity contribution in [2.24, 2.45) is 0 Å². The van der Waals surface area contributed by atoms with Crippen LogP contribution in [0.2, 0.25) is 0 Å². The Kier molecular flexibility index (Phi) is 10.2. The third-order valence-electron chi connectivity index (χ3n) is 2.07. The molecule has 0 aromatic rings. The Morgan fingerprint density at radius 1 is 1.06 bits per heavy atom. The molecule has 0 rings (SSSR count). The molecule has 1 atom stereocenters. The molecule has 16 heavy (non-hydrogen) atoms. The lowest BCUT2D eigenvalue weighted by Crippen LogP contribution is -2.20. The molecule has 0 saturated carbocycles. The van der Waals surface area contributed by atoms with Gasteiger partial charge in [-0.2, -0.15) is 0 Å². The average molecular weight is 232 g/mol. The number of ether oxygens (including phenoxy) is 3. The SMILES string of the molecule is CCCOCCC(CC)OC(=O)OCCC. The van der Waals surface area contributed by atoms with E-state index in [1.807, 2.05) is 13.8 Å². The molecule has 4 nitrogen and oxygen atoms in total. The molecule has 0 heterocycles. The van der Waals surface area contributed by atoms with Crippen LogP contribution in [-0.4, -0.2) is 32.1 Å². The van der Waals surface area contributed by atoms with Crippen LogP contribution in [0.25, 0.3) is 0 Å². The van der Waals surface area contributed by atoms with Gasteiger partial charge in [0.25, 0.3) is 0 Å². The van der Waals surface area contributed by atoms with E-state index in [1.165, 1.54) is 0 Å². The highest BCUT2D eigenvalue weighted by atomic mass is 16.7. The zero-order valence-corrected chi connectivity index (χ0v) is 10.7. The molecule has 4 heteroatoms. The van der Waals surface area contributed by atoms with Crippen LogP contribution in [0, 0.1) is 0 Å². The van der Waals surface area contributed by atoms with E-state index in [4.69, 9.17) is 14.2 Å². The number of hydrogen-bond donors (Lipinski definition) is 0. The maximum atomic E-state index is 11.2. The summed E-state index contributed by atoms with van der Waals surface area (Å²) in [4.78, 5) is 11.2. The minimum Gasteiger partial charge on any atom is -0.434 e. The minimum atomic E-state index is -0.566. The molecule has 0 bridgehead atoms. The van der Waals surface area contributed by atoms with E-state index in [-0.39, 0.29) is 6.10 Å². The molecule has 0 aliphatic rings. The van der Waals surface area contributed by atoms with Crippen LogP contribution in [0.3, 0.4) is 0 Å². The van der Waals surface area contributed by atoms with Gasteiger partial charge in [0.1, 0.15) is 6.10 Å². The standard InChI is InChI=1S/C12H24O4/c1-4-8-14-10-7-11(6-3)16-12(13)15-9-5-2/h11H,4-10H2,1-3H3. The topological polar surface area (TPSA) is 44.8 Å². The predicted molar refractivity (Wildman–Crippen MR) is 62.5 cm³/mol. The van der Waals surface area contributed by atoms with Crippen LogP contribution in [0.1, 0.15) is 46.5 Å². The monoisotopic (exact) mass is 232 g/mol. The fourth-order valence-corrected chi connectivity index (χ4v) is 1.16. The Morgan fingerprint density at radius 3 is 2.31 bits per heavy atom. The summed E-state index contributed by atoms with van der Waals surface area (Å²) in [6.07, 6.45) is 2.68. The first-order chi connectivity index (χ1) is 7.74. The number of hydrogen-bond acceptors (Lipinski definition) is 4. The summed E-state index contributed by atoms with van der Waals surface area (Å²) < 4.78 is 15.3. The highest BCUT2D eigenvalue weighted by molar-refractivity contribution is 5.60. The summed E-state index contributed by atoms with van der Waals surface area (Å²) in [5, 5.41) is 0. The van der Waals surface area contributed by atoms with Gasteiger partial charge in [0.2, 0.25) is 0 Å². The van der Waals surface area contributed by atoms with Gasteiger partial charge in [0, 0.05) is 13.0 Å². The molecule has 0 aromatic carbocycles. The van der Waals surface area contributed by atoms with Crippen molar-refractivity contribution in [3.63, 3.8) is 0 Å². The molecule has 0 aliphatic heterocycles. The fraction of sp³-hybridized carbons (Fsp3) is 0.917. The van der Waals surface area contributed by atoms with Gasteiger partial charge in [-0.3, -0.25) is 0 Å². The highest BCUT2D eigenvalue weighted by Gasteiger charge is 2.13. The van der Waals surface area contributed by atoms with Crippen LogP contribution < -0.4 is 0 Å². The smallest absolute Gasteiger partial charge is 0.434 e. The molecular formula is C12H24O4. The van der Waals surface area contributed by atoms with Gasteiger partial charge in [0.15, 0.2) is 0 Å². The van der Waals surface area contributed by atoms with E-state index in [0.717, 1.165) is 32.3 Å². The molecule has 0 radical (unpaired) electrons. The molecule has 0 spiro atoms. The van der Waals surface area contributed by atoms with Gasteiger partial charge in [-0.15, -0.1) is 0 Å².